The second-order valence-electron chi connectivity index (χ2n) is 15.1. The molecule has 5 aliphatic rings. The van der Waals surface area contributed by atoms with E-state index in [2.05, 4.69) is 34.6 Å². The number of hydrogen-bond acceptors (Lipinski definition) is 6. The van der Waals surface area contributed by atoms with Crippen molar-refractivity contribution >= 4 is 23.5 Å². The van der Waals surface area contributed by atoms with E-state index in [0.717, 1.165) is 50.5 Å². The molecular formula is C33H48O6. The third-order valence-electron chi connectivity index (χ3n) is 13.2. The molecule has 6 nitrogen and oxygen atoms in total. The van der Waals surface area contributed by atoms with Crippen molar-refractivity contribution in [2.24, 2.45) is 50.7 Å². The fourth-order valence-electron chi connectivity index (χ4n) is 11.3. The summed E-state index contributed by atoms with van der Waals surface area (Å²) in [4.78, 5) is 52.4. The van der Waals surface area contributed by atoms with Crippen LogP contribution in [0.1, 0.15) is 107 Å². The Morgan fingerprint density at radius 1 is 0.846 bits per heavy atom. The number of ketones is 2. The van der Waals surface area contributed by atoms with Gasteiger partial charge >= 0.3 is 11.9 Å². The molecule has 0 aromatic rings. The molecular weight excluding hydrogens is 492 g/mol. The Labute approximate surface area is 234 Å². The van der Waals surface area contributed by atoms with Gasteiger partial charge in [0.25, 0.3) is 0 Å². The van der Waals surface area contributed by atoms with Crippen molar-refractivity contribution in [3.8, 4) is 0 Å². The molecule has 4 saturated carbocycles. The fraction of sp³-hybridized carbons (Fsp3) is 0.818. The number of allylic oxidation sites excluding steroid dienone is 1. The third-order valence-corrected chi connectivity index (χ3v) is 13.2. The minimum absolute atomic E-state index is 0.00241. The van der Waals surface area contributed by atoms with E-state index < -0.39 is 23.0 Å². The highest BCUT2D eigenvalue weighted by Crippen LogP contribution is 2.76. The lowest BCUT2D eigenvalue weighted by molar-refractivity contribution is -0.232. The zero-order chi connectivity index (χ0) is 28.9. The van der Waals surface area contributed by atoms with Gasteiger partial charge in [0.2, 0.25) is 11.6 Å². The van der Waals surface area contributed by atoms with Crippen molar-refractivity contribution in [1.82, 2.24) is 0 Å². The lowest BCUT2D eigenvalue weighted by Gasteiger charge is -2.71. The number of fused-ring (bicyclic) bond motifs is 7. The van der Waals surface area contributed by atoms with Crippen molar-refractivity contribution in [2.75, 3.05) is 7.11 Å². The largest absolute Gasteiger partial charge is 0.468 e. The van der Waals surface area contributed by atoms with Crippen LogP contribution in [0.15, 0.2) is 11.1 Å². The van der Waals surface area contributed by atoms with Crippen LogP contribution < -0.4 is 0 Å². The molecule has 0 amide bonds. The first kappa shape index (κ1) is 28.5. The summed E-state index contributed by atoms with van der Waals surface area (Å²) in [5.41, 5.74) is -0.207. The van der Waals surface area contributed by atoms with Gasteiger partial charge in [-0.05, 0) is 96.9 Å². The molecule has 0 spiro atoms. The Balaban J connectivity index is 1.59. The van der Waals surface area contributed by atoms with Gasteiger partial charge in [-0.25, -0.2) is 0 Å². The van der Waals surface area contributed by atoms with E-state index in [0.29, 0.717) is 23.8 Å². The smallest absolute Gasteiger partial charge is 0.324 e. The molecule has 0 N–H and O–H groups in total. The Morgan fingerprint density at radius 3 is 2.10 bits per heavy atom. The van der Waals surface area contributed by atoms with E-state index in [1.54, 1.807) is 0 Å². The summed E-state index contributed by atoms with van der Waals surface area (Å²) in [5.74, 6) is -0.986. The molecule has 39 heavy (non-hydrogen) atoms. The first-order chi connectivity index (χ1) is 18.0. The van der Waals surface area contributed by atoms with Crippen molar-refractivity contribution in [2.45, 2.75) is 113 Å². The lowest BCUT2D eigenvalue weighted by Crippen LogP contribution is -2.66. The van der Waals surface area contributed by atoms with Gasteiger partial charge in [-0.1, -0.05) is 48.5 Å². The first-order valence-electron chi connectivity index (χ1n) is 15.1. The van der Waals surface area contributed by atoms with Crippen LogP contribution in [-0.2, 0) is 28.7 Å². The number of methoxy groups -OCH3 is 1. The molecule has 0 radical (unpaired) electrons. The van der Waals surface area contributed by atoms with E-state index in [-0.39, 0.29) is 45.6 Å². The van der Waals surface area contributed by atoms with Crippen molar-refractivity contribution in [1.29, 1.82) is 0 Å². The first-order valence-corrected chi connectivity index (χ1v) is 15.1. The average molecular weight is 541 g/mol. The quantitative estimate of drug-likeness (QED) is 0.239. The van der Waals surface area contributed by atoms with Gasteiger partial charge in [-0.2, -0.15) is 0 Å². The van der Waals surface area contributed by atoms with Crippen LogP contribution in [0.4, 0.5) is 0 Å². The van der Waals surface area contributed by atoms with Crippen molar-refractivity contribution < 1.29 is 28.7 Å². The predicted molar refractivity (Wildman–Crippen MR) is 147 cm³/mol. The van der Waals surface area contributed by atoms with E-state index in [4.69, 9.17) is 9.47 Å². The molecule has 6 heteroatoms. The molecule has 5 rings (SSSR count). The zero-order valence-electron chi connectivity index (χ0n) is 25.5. The Bertz CT molecular complexity index is 1160. The molecule has 5 aliphatic carbocycles. The predicted octanol–water partition coefficient (Wildman–Crippen LogP) is 6.25. The summed E-state index contributed by atoms with van der Waals surface area (Å²) < 4.78 is 11.1. The van der Waals surface area contributed by atoms with Gasteiger partial charge < -0.3 is 9.47 Å². The highest BCUT2D eigenvalue weighted by Gasteiger charge is 2.73. The number of ether oxygens (including phenoxy) is 2. The number of Topliss-reactive ketones (excluding diaryl/α,β-unsaturated/α-hetero) is 2. The summed E-state index contributed by atoms with van der Waals surface area (Å²) in [6.07, 6.45) is 6.93. The van der Waals surface area contributed by atoms with Crippen LogP contribution in [0.3, 0.4) is 0 Å². The second kappa shape index (κ2) is 8.76. The SMILES string of the molecule is COC(=O)[C@@]12CC[C@]3(C)C(CCC4[C@@]5(C)CC[C@H](OC(C)=O)C(C)(C)C5CC[C@]43C)C1=C(C(C)C)C(=O)C2=O. The average Bonchev–Trinajstić information content (AvgIpc) is 3.08. The highest BCUT2D eigenvalue weighted by molar-refractivity contribution is 6.52. The van der Waals surface area contributed by atoms with Gasteiger partial charge in [-0.3, -0.25) is 19.2 Å². The van der Waals surface area contributed by atoms with Gasteiger partial charge in [0.05, 0.1) is 7.11 Å². The van der Waals surface area contributed by atoms with E-state index >= 15 is 0 Å². The molecule has 0 heterocycles. The molecule has 0 saturated heterocycles. The molecule has 4 fully saturated rings. The number of carbonyl (C=O) groups excluding carboxylic acids is 4. The number of carbonyl (C=O) groups is 4. The minimum Gasteiger partial charge on any atom is -0.468 e. The molecule has 0 aromatic carbocycles. The Kier molecular flexibility index (Phi) is 6.41. The summed E-state index contributed by atoms with van der Waals surface area (Å²) in [7, 11) is 1.34. The van der Waals surface area contributed by atoms with Crippen LogP contribution >= 0.6 is 0 Å². The van der Waals surface area contributed by atoms with Crippen LogP contribution in [0.2, 0.25) is 0 Å². The maximum atomic E-state index is 13.6. The van der Waals surface area contributed by atoms with E-state index in [1.807, 2.05) is 13.8 Å². The van der Waals surface area contributed by atoms with Crippen LogP contribution in [-0.4, -0.2) is 36.7 Å². The second-order valence-corrected chi connectivity index (χ2v) is 15.1. The number of esters is 2. The summed E-state index contributed by atoms with van der Waals surface area (Å²) in [5, 5.41) is 0. The van der Waals surface area contributed by atoms with Crippen LogP contribution in [0, 0.1) is 50.7 Å². The summed E-state index contributed by atoms with van der Waals surface area (Å²) in [6.45, 7) is 17.4. The normalized spacial score (nSPS) is 44.8. The third kappa shape index (κ3) is 3.38. The standard InChI is InChI=1S/C33H48O6/c1-18(2)24-25-20-10-11-22-30(6)14-13-23(39-19(3)34)29(4,5)21(30)12-15-32(22,8)31(20,7)16-17-33(25,28(37)38-9)27(36)26(24)35/h18,20-23H,10-17H2,1-9H3/t20?,21?,22?,23-,30-,31+,32+,33-/m0/s1. The van der Waals surface area contributed by atoms with E-state index in [9.17, 15) is 19.2 Å². The van der Waals surface area contributed by atoms with Gasteiger partial charge in [-0.15, -0.1) is 0 Å². The maximum Gasteiger partial charge on any atom is 0.324 e. The Morgan fingerprint density at radius 2 is 1.51 bits per heavy atom. The molecule has 3 unspecified atom stereocenters. The summed E-state index contributed by atoms with van der Waals surface area (Å²) in [6, 6.07) is 0. The zero-order valence-corrected chi connectivity index (χ0v) is 25.5. The summed E-state index contributed by atoms with van der Waals surface area (Å²) >= 11 is 0. The maximum absolute atomic E-state index is 13.6. The Hall–Kier alpha value is -1.98. The monoisotopic (exact) mass is 540 g/mol. The molecule has 0 aliphatic heterocycles. The number of rotatable bonds is 3. The molecule has 216 valence electrons. The lowest BCUT2D eigenvalue weighted by atomic mass is 9.33. The number of hydrogen-bond donors (Lipinski definition) is 0. The van der Waals surface area contributed by atoms with E-state index in [1.165, 1.54) is 14.0 Å². The highest BCUT2D eigenvalue weighted by atomic mass is 16.5. The minimum atomic E-state index is -1.44. The van der Waals surface area contributed by atoms with Gasteiger partial charge in [0.1, 0.15) is 6.10 Å². The van der Waals surface area contributed by atoms with Gasteiger partial charge in [0, 0.05) is 17.9 Å². The molecule has 0 bridgehead atoms. The molecule has 0 aromatic heterocycles. The van der Waals surface area contributed by atoms with Crippen LogP contribution in [0.25, 0.3) is 0 Å². The van der Waals surface area contributed by atoms with Gasteiger partial charge in [0.15, 0.2) is 5.41 Å². The van der Waals surface area contributed by atoms with Crippen molar-refractivity contribution in [3.63, 3.8) is 0 Å². The fourth-order valence-corrected chi connectivity index (χ4v) is 11.3. The molecule has 8 atom stereocenters. The van der Waals surface area contributed by atoms with Crippen LogP contribution in [0.5, 0.6) is 0 Å². The van der Waals surface area contributed by atoms with Crippen molar-refractivity contribution in [3.05, 3.63) is 11.1 Å². The topological polar surface area (TPSA) is 86.7 Å².